The Morgan fingerprint density at radius 2 is 1.74 bits per heavy atom. The Kier molecular flexibility index (Phi) is 9.36. The second kappa shape index (κ2) is 13.5. The molecule has 244 valence electrons. The molecule has 0 spiro atoms. The summed E-state index contributed by atoms with van der Waals surface area (Å²) in [5, 5.41) is 7.32. The van der Waals surface area contributed by atoms with Gasteiger partial charge in [-0.1, -0.05) is 67.4 Å². The zero-order valence-electron chi connectivity index (χ0n) is 26.5. The number of ether oxygens (including phenoxy) is 2. The minimum absolute atomic E-state index is 0.0547. The highest BCUT2D eigenvalue weighted by Crippen LogP contribution is 2.46. The molecule has 10 nitrogen and oxygen atoms in total. The van der Waals surface area contributed by atoms with Crippen LogP contribution in [0.25, 0.3) is 22.4 Å². The van der Waals surface area contributed by atoms with Crippen LogP contribution in [0.2, 0.25) is 10.0 Å². The maximum Gasteiger partial charge on any atom is 0.311 e. The predicted molar refractivity (Wildman–Crippen MR) is 181 cm³/mol. The fourth-order valence-electron chi connectivity index (χ4n) is 6.17. The quantitative estimate of drug-likeness (QED) is 0.209. The Morgan fingerprint density at radius 1 is 1.04 bits per heavy atom. The van der Waals surface area contributed by atoms with Gasteiger partial charge in [-0.05, 0) is 42.5 Å². The molecule has 4 aromatic rings. The summed E-state index contributed by atoms with van der Waals surface area (Å²) < 4.78 is 12.4. The van der Waals surface area contributed by atoms with E-state index >= 15 is 0 Å². The summed E-state index contributed by atoms with van der Waals surface area (Å²) in [6, 6.07) is 14.4. The molecule has 1 amide bonds. The Morgan fingerprint density at radius 3 is 2.47 bits per heavy atom. The predicted octanol–water partition coefficient (Wildman–Crippen LogP) is 6.20. The van der Waals surface area contributed by atoms with E-state index in [2.05, 4.69) is 21.4 Å². The largest absolute Gasteiger partial charge is 0.481 e. The maximum atomic E-state index is 12.9. The van der Waals surface area contributed by atoms with E-state index < -0.39 is 11.5 Å². The summed E-state index contributed by atoms with van der Waals surface area (Å²) in [4.78, 5) is 45.0. The van der Waals surface area contributed by atoms with Crippen LogP contribution in [0.1, 0.15) is 47.8 Å². The van der Waals surface area contributed by atoms with Crippen molar-refractivity contribution in [1.82, 2.24) is 19.7 Å². The topological polar surface area (TPSA) is 116 Å². The van der Waals surface area contributed by atoms with Gasteiger partial charge in [0.2, 0.25) is 5.88 Å². The first kappa shape index (κ1) is 32.7. The Bertz CT molecular complexity index is 1920. The molecule has 6 rings (SSSR count). The van der Waals surface area contributed by atoms with Gasteiger partial charge in [-0.2, -0.15) is 5.10 Å². The number of aryl methyl sites for hydroxylation is 2. The lowest BCUT2D eigenvalue weighted by Gasteiger charge is -2.42. The van der Waals surface area contributed by atoms with Gasteiger partial charge in [-0.3, -0.25) is 19.3 Å². The van der Waals surface area contributed by atoms with Crippen LogP contribution in [-0.4, -0.2) is 58.3 Å². The number of benzene rings is 2. The molecule has 1 aliphatic heterocycles. The highest BCUT2D eigenvalue weighted by atomic mass is 35.5. The average Bonchev–Trinajstić information content (AvgIpc) is 3.45. The van der Waals surface area contributed by atoms with Gasteiger partial charge >= 0.3 is 5.97 Å². The summed E-state index contributed by atoms with van der Waals surface area (Å²) in [5.74, 6) is 0.00742. The number of rotatable bonds is 9. The SMILES string of the molecule is COc1nc(-c2cccc(-c3cccc(NC(=O)c4ccnn(C)c4=O)c3Cl)c2Cl)cc2c1C(N1CC(C(=O)OCC(C)C)C1)CC2. The number of anilines is 1. The molecule has 0 bridgehead atoms. The van der Waals surface area contributed by atoms with Gasteiger partial charge in [-0.15, -0.1) is 0 Å². The number of aromatic nitrogens is 3. The summed E-state index contributed by atoms with van der Waals surface area (Å²) in [5.41, 5.74) is 4.57. The van der Waals surface area contributed by atoms with Gasteiger partial charge in [0.15, 0.2) is 0 Å². The second-order valence-corrected chi connectivity index (χ2v) is 13.0. The minimum atomic E-state index is -0.598. The number of amides is 1. The molecule has 47 heavy (non-hydrogen) atoms. The number of hydrogen-bond acceptors (Lipinski definition) is 8. The van der Waals surface area contributed by atoms with E-state index in [1.807, 2.05) is 38.1 Å². The average molecular weight is 677 g/mol. The van der Waals surface area contributed by atoms with Crippen molar-refractivity contribution in [2.75, 3.05) is 32.1 Å². The first-order chi connectivity index (χ1) is 22.6. The highest BCUT2D eigenvalue weighted by Gasteiger charge is 2.42. The number of carbonyl (C=O) groups excluding carboxylic acids is 2. The molecule has 1 N–H and O–H groups in total. The third kappa shape index (κ3) is 6.37. The Hall–Kier alpha value is -4.25. The fraction of sp³-hybridized carbons (Fsp3) is 0.343. The van der Waals surface area contributed by atoms with Crippen molar-refractivity contribution in [3.05, 3.63) is 91.8 Å². The molecule has 1 aliphatic carbocycles. The summed E-state index contributed by atoms with van der Waals surface area (Å²) >= 11 is 13.9. The van der Waals surface area contributed by atoms with Gasteiger partial charge in [0.05, 0.1) is 41.1 Å². The van der Waals surface area contributed by atoms with Crippen LogP contribution in [0.4, 0.5) is 5.69 Å². The molecule has 3 heterocycles. The molecular weight excluding hydrogens is 641 g/mol. The molecule has 1 atom stereocenters. The number of nitrogens with one attached hydrogen (secondary N) is 1. The van der Waals surface area contributed by atoms with E-state index in [0.29, 0.717) is 64.6 Å². The number of carbonyl (C=O) groups is 2. The zero-order chi connectivity index (χ0) is 33.4. The van der Waals surface area contributed by atoms with Crippen LogP contribution in [0, 0.1) is 11.8 Å². The molecule has 1 fully saturated rings. The van der Waals surface area contributed by atoms with E-state index in [9.17, 15) is 14.4 Å². The molecule has 12 heteroatoms. The normalized spacial score (nSPS) is 16.1. The van der Waals surface area contributed by atoms with Gasteiger partial charge in [0, 0.05) is 54.6 Å². The number of likely N-dealkylation sites (tertiary alicyclic amines) is 1. The monoisotopic (exact) mass is 675 g/mol. The van der Waals surface area contributed by atoms with E-state index in [-0.39, 0.29) is 28.5 Å². The summed E-state index contributed by atoms with van der Waals surface area (Å²) in [6.45, 7) is 5.80. The van der Waals surface area contributed by atoms with Crippen molar-refractivity contribution in [1.29, 1.82) is 0 Å². The van der Waals surface area contributed by atoms with Crippen molar-refractivity contribution in [3.63, 3.8) is 0 Å². The Labute approximate surface area is 282 Å². The third-order valence-corrected chi connectivity index (χ3v) is 9.44. The molecule has 2 aromatic heterocycles. The summed E-state index contributed by atoms with van der Waals surface area (Å²) in [6.07, 6.45) is 3.13. The molecule has 1 saturated heterocycles. The lowest BCUT2D eigenvalue weighted by Crippen LogP contribution is -2.52. The lowest BCUT2D eigenvalue weighted by atomic mass is 9.95. The molecule has 0 radical (unpaired) electrons. The van der Waals surface area contributed by atoms with Gasteiger partial charge < -0.3 is 14.8 Å². The third-order valence-electron chi connectivity index (χ3n) is 8.63. The molecular formula is C35H35Cl2N5O5. The van der Waals surface area contributed by atoms with Crippen LogP contribution in [0.5, 0.6) is 5.88 Å². The smallest absolute Gasteiger partial charge is 0.311 e. The first-order valence-electron chi connectivity index (χ1n) is 15.5. The molecule has 2 aliphatic rings. The van der Waals surface area contributed by atoms with Crippen LogP contribution in [0.15, 0.2) is 59.5 Å². The number of fused-ring (bicyclic) bond motifs is 1. The molecule has 2 aromatic carbocycles. The second-order valence-electron chi connectivity index (χ2n) is 12.3. The summed E-state index contributed by atoms with van der Waals surface area (Å²) in [7, 11) is 3.09. The number of methoxy groups -OCH3 is 1. The standard InChI is InChI=1S/C35H35Cl2N5O5/c1-19(2)18-47-35(45)21-16-42(17-21)28-12-11-20-15-27(40-33(46-4)29(20)28)24-9-5-7-22(30(24)36)23-8-6-10-26(31(23)37)39-32(43)25-13-14-38-41(3)34(25)44/h5-10,13-15,19,21,28H,11-12,16-18H2,1-4H3,(H,39,43). The van der Waals surface area contributed by atoms with Crippen LogP contribution in [0.3, 0.4) is 0 Å². The van der Waals surface area contributed by atoms with Gasteiger partial charge in [0.25, 0.3) is 11.5 Å². The Balaban J connectivity index is 1.25. The van der Waals surface area contributed by atoms with E-state index in [0.717, 1.165) is 28.7 Å². The number of hydrogen-bond donors (Lipinski definition) is 1. The molecule has 0 saturated carbocycles. The van der Waals surface area contributed by atoms with Crippen LogP contribution in [-0.2, 0) is 23.0 Å². The van der Waals surface area contributed by atoms with Crippen molar-refractivity contribution in [3.8, 4) is 28.3 Å². The van der Waals surface area contributed by atoms with Crippen molar-refractivity contribution in [2.24, 2.45) is 18.9 Å². The number of esters is 1. The van der Waals surface area contributed by atoms with Crippen molar-refractivity contribution < 1.29 is 19.1 Å². The maximum absolute atomic E-state index is 12.9. The number of nitrogens with zero attached hydrogens (tertiary/aromatic N) is 4. The minimum Gasteiger partial charge on any atom is -0.481 e. The van der Waals surface area contributed by atoms with Gasteiger partial charge in [-0.25, -0.2) is 9.67 Å². The van der Waals surface area contributed by atoms with Crippen molar-refractivity contribution >= 4 is 40.8 Å². The number of halogens is 2. The van der Waals surface area contributed by atoms with E-state index in [1.165, 1.54) is 19.3 Å². The van der Waals surface area contributed by atoms with Gasteiger partial charge in [0.1, 0.15) is 5.56 Å². The zero-order valence-corrected chi connectivity index (χ0v) is 28.1. The lowest BCUT2D eigenvalue weighted by molar-refractivity contribution is -0.156. The van der Waals surface area contributed by atoms with E-state index in [4.69, 9.17) is 37.7 Å². The molecule has 1 unspecified atom stereocenters. The van der Waals surface area contributed by atoms with E-state index in [1.54, 1.807) is 19.2 Å². The highest BCUT2D eigenvalue weighted by molar-refractivity contribution is 6.39. The fourth-order valence-corrected chi connectivity index (χ4v) is 6.77. The van der Waals surface area contributed by atoms with Crippen molar-refractivity contribution in [2.45, 2.75) is 32.7 Å². The van der Waals surface area contributed by atoms with Crippen LogP contribution < -0.4 is 15.6 Å². The number of pyridine rings is 1. The first-order valence-corrected chi connectivity index (χ1v) is 16.2. The van der Waals surface area contributed by atoms with Crippen LogP contribution >= 0.6 is 23.2 Å².